The number of H-pyrrole nitrogens is 1. The van der Waals surface area contributed by atoms with Crippen LogP contribution in [0.5, 0.6) is 5.88 Å². The zero-order valence-electron chi connectivity index (χ0n) is 11.0. The molecule has 0 aliphatic carbocycles. The number of pyridine rings is 1. The maximum atomic E-state index is 12.1. The third-order valence-corrected chi connectivity index (χ3v) is 3.39. The Morgan fingerprint density at radius 3 is 2.55 bits per heavy atom. The Kier molecular flexibility index (Phi) is 3.94. The highest BCUT2D eigenvalue weighted by atomic mass is 79.9. The molecule has 1 aromatic heterocycles. The van der Waals surface area contributed by atoms with Gasteiger partial charge in [-0.2, -0.15) is 0 Å². The second kappa shape index (κ2) is 5.50. The van der Waals surface area contributed by atoms with Crippen LogP contribution in [-0.2, 0) is 0 Å². The first-order valence-corrected chi connectivity index (χ1v) is 6.67. The fourth-order valence-electron chi connectivity index (χ4n) is 1.92. The van der Waals surface area contributed by atoms with E-state index < -0.39 is 11.5 Å². The lowest BCUT2D eigenvalue weighted by Crippen LogP contribution is -2.16. The van der Waals surface area contributed by atoms with E-state index in [1.165, 1.54) is 6.07 Å². The van der Waals surface area contributed by atoms with Gasteiger partial charge in [0.1, 0.15) is 0 Å². The third-order valence-electron chi connectivity index (χ3n) is 2.76. The summed E-state index contributed by atoms with van der Waals surface area (Å²) in [4.78, 5) is 25.5. The van der Waals surface area contributed by atoms with Gasteiger partial charge in [0.05, 0.1) is 11.3 Å². The van der Waals surface area contributed by atoms with E-state index in [1.807, 2.05) is 26.0 Å². The van der Waals surface area contributed by atoms with Gasteiger partial charge >= 0.3 is 0 Å². The van der Waals surface area contributed by atoms with Crippen molar-refractivity contribution in [3.05, 3.63) is 55.8 Å². The average molecular weight is 337 g/mol. The molecule has 0 aliphatic heterocycles. The molecular weight excluding hydrogens is 324 g/mol. The van der Waals surface area contributed by atoms with Crippen LogP contribution < -0.4 is 10.9 Å². The van der Waals surface area contributed by atoms with Crippen LogP contribution in [0.1, 0.15) is 21.5 Å². The number of benzene rings is 1. The minimum Gasteiger partial charge on any atom is -0.494 e. The largest absolute Gasteiger partial charge is 0.494 e. The van der Waals surface area contributed by atoms with Crippen molar-refractivity contribution in [3.63, 3.8) is 0 Å². The molecule has 1 aromatic carbocycles. The van der Waals surface area contributed by atoms with Crippen LogP contribution in [0, 0.1) is 13.8 Å². The van der Waals surface area contributed by atoms with Crippen LogP contribution >= 0.6 is 15.9 Å². The first kappa shape index (κ1) is 14.3. The van der Waals surface area contributed by atoms with Gasteiger partial charge in [-0.25, -0.2) is 0 Å². The summed E-state index contributed by atoms with van der Waals surface area (Å²) >= 11 is 3.40. The molecule has 0 atom stereocenters. The summed E-state index contributed by atoms with van der Waals surface area (Å²) in [7, 11) is 0. The summed E-state index contributed by atoms with van der Waals surface area (Å²) in [5, 5.41) is 12.0. The van der Waals surface area contributed by atoms with E-state index in [0.717, 1.165) is 21.7 Å². The molecule has 5 nitrogen and oxygen atoms in total. The van der Waals surface area contributed by atoms with Gasteiger partial charge < -0.3 is 10.4 Å². The Labute approximate surface area is 123 Å². The number of aromatic amines is 1. The molecular formula is C14H13BrN2O3. The topological polar surface area (TPSA) is 82.2 Å². The van der Waals surface area contributed by atoms with Crippen LogP contribution in [0.25, 0.3) is 0 Å². The van der Waals surface area contributed by atoms with Gasteiger partial charge in [0.15, 0.2) is 5.88 Å². The lowest BCUT2D eigenvalue weighted by Gasteiger charge is -2.11. The SMILES string of the molecule is Cc1cc(C)c(NC(=O)c2cc(O)[nH]c(=O)c2)c(Br)c1. The molecule has 0 saturated carbocycles. The van der Waals surface area contributed by atoms with E-state index in [2.05, 4.69) is 26.2 Å². The van der Waals surface area contributed by atoms with Gasteiger partial charge in [-0.3, -0.25) is 14.6 Å². The number of aryl methyl sites for hydroxylation is 2. The van der Waals surface area contributed by atoms with E-state index in [9.17, 15) is 14.7 Å². The molecule has 0 unspecified atom stereocenters. The lowest BCUT2D eigenvalue weighted by molar-refractivity contribution is 0.102. The number of aromatic nitrogens is 1. The zero-order valence-corrected chi connectivity index (χ0v) is 12.5. The van der Waals surface area contributed by atoms with Gasteiger partial charge in [0, 0.05) is 16.6 Å². The standard InChI is InChI=1S/C14H13BrN2O3/c1-7-3-8(2)13(10(15)4-7)17-14(20)9-5-11(18)16-12(19)6-9/h3-6H,1-2H3,(H,17,20)(H2,16,18,19). The van der Waals surface area contributed by atoms with E-state index in [0.29, 0.717) is 5.69 Å². The smallest absolute Gasteiger partial charge is 0.256 e. The van der Waals surface area contributed by atoms with E-state index in [-0.39, 0.29) is 11.4 Å². The van der Waals surface area contributed by atoms with Crippen molar-refractivity contribution in [1.82, 2.24) is 4.98 Å². The van der Waals surface area contributed by atoms with Crippen molar-refractivity contribution in [2.45, 2.75) is 13.8 Å². The average Bonchev–Trinajstić information content (AvgIpc) is 2.32. The number of amides is 1. The summed E-state index contributed by atoms with van der Waals surface area (Å²) in [6, 6.07) is 6.16. The van der Waals surface area contributed by atoms with Crippen molar-refractivity contribution in [2.75, 3.05) is 5.32 Å². The fraction of sp³-hybridized carbons (Fsp3) is 0.143. The van der Waals surface area contributed by atoms with Gasteiger partial charge in [0.25, 0.3) is 11.5 Å². The minimum atomic E-state index is -0.533. The maximum Gasteiger partial charge on any atom is 0.256 e. The second-order valence-corrected chi connectivity index (χ2v) is 5.37. The molecule has 0 saturated heterocycles. The molecule has 20 heavy (non-hydrogen) atoms. The number of anilines is 1. The third kappa shape index (κ3) is 3.08. The van der Waals surface area contributed by atoms with E-state index in [4.69, 9.17) is 0 Å². The number of hydrogen-bond donors (Lipinski definition) is 3. The summed E-state index contributed by atoms with van der Waals surface area (Å²) in [6.45, 7) is 3.83. The molecule has 2 rings (SSSR count). The Morgan fingerprint density at radius 2 is 1.95 bits per heavy atom. The number of carbonyl (C=O) groups is 1. The van der Waals surface area contributed by atoms with Gasteiger partial charge in [0.2, 0.25) is 0 Å². The highest BCUT2D eigenvalue weighted by molar-refractivity contribution is 9.10. The van der Waals surface area contributed by atoms with Crippen molar-refractivity contribution in [2.24, 2.45) is 0 Å². The number of carbonyl (C=O) groups excluding carboxylic acids is 1. The molecule has 1 amide bonds. The second-order valence-electron chi connectivity index (χ2n) is 4.51. The quantitative estimate of drug-likeness (QED) is 0.788. The first-order valence-electron chi connectivity index (χ1n) is 5.88. The summed E-state index contributed by atoms with van der Waals surface area (Å²) in [6.07, 6.45) is 0. The predicted molar refractivity (Wildman–Crippen MR) is 80.3 cm³/mol. The van der Waals surface area contributed by atoms with E-state index in [1.54, 1.807) is 0 Å². The molecule has 0 fully saturated rings. The van der Waals surface area contributed by atoms with Crippen molar-refractivity contribution < 1.29 is 9.90 Å². The summed E-state index contributed by atoms with van der Waals surface area (Å²) in [5.41, 5.74) is 2.17. The number of rotatable bonds is 2. The predicted octanol–water partition coefficient (Wildman–Crippen LogP) is 2.71. The number of nitrogens with one attached hydrogen (secondary N) is 2. The lowest BCUT2D eigenvalue weighted by atomic mass is 10.1. The van der Waals surface area contributed by atoms with Crippen LogP contribution in [0.3, 0.4) is 0 Å². The Morgan fingerprint density at radius 1 is 1.25 bits per heavy atom. The Hall–Kier alpha value is -2.08. The molecule has 6 heteroatoms. The molecule has 0 spiro atoms. The number of aromatic hydroxyl groups is 1. The Balaban J connectivity index is 2.35. The molecule has 0 aliphatic rings. The minimum absolute atomic E-state index is 0.0955. The highest BCUT2D eigenvalue weighted by Gasteiger charge is 2.12. The first-order chi connectivity index (χ1) is 9.36. The zero-order chi connectivity index (χ0) is 14.9. The highest BCUT2D eigenvalue weighted by Crippen LogP contribution is 2.28. The maximum absolute atomic E-state index is 12.1. The monoisotopic (exact) mass is 336 g/mol. The molecule has 3 N–H and O–H groups in total. The molecule has 0 radical (unpaired) electrons. The van der Waals surface area contributed by atoms with Crippen LogP contribution in [0.2, 0.25) is 0 Å². The normalized spacial score (nSPS) is 10.3. The number of halogens is 1. The number of hydrogen-bond acceptors (Lipinski definition) is 3. The van der Waals surface area contributed by atoms with Crippen LogP contribution in [-0.4, -0.2) is 16.0 Å². The molecule has 2 aromatic rings. The van der Waals surface area contributed by atoms with Crippen molar-refractivity contribution >= 4 is 27.5 Å². The summed E-state index contributed by atoms with van der Waals surface area (Å²) < 4.78 is 0.761. The van der Waals surface area contributed by atoms with Gasteiger partial charge in [-0.15, -0.1) is 0 Å². The van der Waals surface area contributed by atoms with Gasteiger partial charge in [-0.05, 0) is 47.0 Å². The molecule has 1 heterocycles. The fourth-order valence-corrected chi connectivity index (χ4v) is 2.69. The summed E-state index contributed by atoms with van der Waals surface area (Å²) in [5.74, 6) is -0.804. The van der Waals surface area contributed by atoms with Crippen molar-refractivity contribution in [1.29, 1.82) is 0 Å². The molecule has 0 bridgehead atoms. The van der Waals surface area contributed by atoms with Crippen LogP contribution in [0.15, 0.2) is 33.5 Å². The van der Waals surface area contributed by atoms with Crippen LogP contribution in [0.4, 0.5) is 5.69 Å². The van der Waals surface area contributed by atoms with Crippen molar-refractivity contribution in [3.8, 4) is 5.88 Å². The molecule has 104 valence electrons. The van der Waals surface area contributed by atoms with E-state index >= 15 is 0 Å². The van der Waals surface area contributed by atoms with Gasteiger partial charge in [-0.1, -0.05) is 6.07 Å². The Bertz CT molecular complexity index is 714.